The molecule has 1 heterocycles. The SMILES string of the molecule is CCOC(=O)c1[se]c(-c2ccc(SC(C)C)c(C#N)c2)nc1C. The monoisotopic (exact) mass is 394 g/mol. The summed E-state index contributed by atoms with van der Waals surface area (Å²) in [6, 6.07) is 8.07. The van der Waals surface area contributed by atoms with Crippen LogP contribution in [0.2, 0.25) is 0 Å². The van der Waals surface area contributed by atoms with E-state index in [0.717, 1.165) is 20.7 Å². The molecule has 1 aromatic carbocycles. The summed E-state index contributed by atoms with van der Waals surface area (Å²) in [7, 11) is 0. The number of benzene rings is 1. The van der Waals surface area contributed by atoms with Crippen LogP contribution >= 0.6 is 11.8 Å². The van der Waals surface area contributed by atoms with Crippen LogP contribution in [0.5, 0.6) is 0 Å². The van der Waals surface area contributed by atoms with Gasteiger partial charge < -0.3 is 0 Å². The van der Waals surface area contributed by atoms with Crippen molar-refractivity contribution < 1.29 is 9.53 Å². The van der Waals surface area contributed by atoms with E-state index >= 15 is 0 Å². The van der Waals surface area contributed by atoms with Crippen molar-refractivity contribution in [3.8, 4) is 16.2 Å². The first-order valence-electron chi connectivity index (χ1n) is 7.32. The molecule has 0 radical (unpaired) electrons. The number of rotatable bonds is 5. The third-order valence-electron chi connectivity index (χ3n) is 2.97. The Labute approximate surface area is 146 Å². The normalized spacial score (nSPS) is 10.6. The predicted molar refractivity (Wildman–Crippen MR) is 93.0 cm³/mol. The molecule has 0 aliphatic rings. The summed E-state index contributed by atoms with van der Waals surface area (Å²) in [5.41, 5.74) is 2.29. The Morgan fingerprint density at radius 3 is 2.83 bits per heavy atom. The Hall–Kier alpha value is -1.54. The first kappa shape index (κ1) is 17.8. The van der Waals surface area contributed by atoms with Gasteiger partial charge in [0.05, 0.1) is 0 Å². The van der Waals surface area contributed by atoms with Gasteiger partial charge in [0.25, 0.3) is 0 Å². The molecule has 0 fully saturated rings. The van der Waals surface area contributed by atoms with E-state index in [2.05, 4.69) is 24.9 Å². The van der Waals surface area contributed by atoms with Gasteiger partial charge in [0.15, 0.2) is 0 Å². The average Bonchev–Trinajstić information content (AvgIpc) is 2.89. The van der Waals surface area contributed by atoms with Crippen LogP contribution < -0.4 is 0 Å². The van der Waals surface area contributed by atoms with Gasteiger partial charge in [0.1, 0.15) is 0 Å². The van der Waals surface area contributed by atoms with Crippen LogP contribution in [-0.4, -0.2) is 37.3 Å². The average molecular weight is 393 g/mol. The van der Waals surface area contributed by atoms with Gasteiger partial charge in [0.2, 0.25) is 0 Å². The Morgan fingerprint density at radius 1 is 1.48 bits per heavy atom. The molecule has 0 N–H and O–H groups in total. The molecule has 1 aromatic heterocycles. The Balaban J connectivity index is 2.38. The van der Waals surface area contributed by atoms with Crippen LogP contribution in [0, 0.1) is 18.3 Å². The summed E-state index contributed by atoms with van der Waals surface area (Å²) in [5.74, 6) is -0.281. The van der Waals surface area contributed by atoms with Crippen LogP contribution in [0.1, 0.15) is 41.3 Å². The topological polar surface area (TPSA) is 63.0 Å². The summed E-state index contributed by atoms with van der Waals surface area (Å²) >= 11 is 1.49. The molecule has 0 unspecified atom stereocenters. The number of carbonyl (C=O) groups excluding carboxylic acids is 1. The predicted octanol–water partition coefficient (Wildman–Crippen LogP) is 3.66. The standard InChI is InChI=1S/C17H18N2O2SSe/c1-5-21-17(20)15-11(4)19-16(23-15)12-6-7-14(22-10(2)3)13(8-12)9-18/h6-8,10H,5H2,1-4H3. The molecule has 0 bridgehead atoms. The zero-order valence-corrected chi connectivity index (χ0v) is 16.1. The summed E-state index contributed by atoms with van der Waals surface area (Å²) in [5, 5.41) is 9.80. The number of aryl methyl sites for hydroxylation is 1. The minimum absolute atomic E-state index is 0.185. The van der Waals surface area contributed by atoms with Crippen molar-refractivity contribution in [2.45, 2.75) is 37.8 Å². The van der Waals surface area contributed by atoms with Crippen molar-refractivity contribution in [1.29, 1.82) is 5.26 Å². The number of carbonyl (C=O) groups is 1. The number of nitriles is 1. The first-order chi connectivity index (χ1) is 11.0. The Morgan fingerprint density at radius 2 is 2.22 bits per heavy atom. The van der Waals surface area contributed by atoms with E-state index in [9.17, 15) is 10.1 Å². The Kier molecular flexibility index (Phi) is 6.06. The molecule has 120 valence electrons. The third kappa shape index (κ3) is 4.26. The molecular weight excluding hydrogens is 375 g/mol. The van der Waals surface area contributed by atoms with Crippen molar-refractivity contribution in [3.63, 3.8) is 0 Å². The molecule has 0 saturated heterocycles. The van der Waals surface area contributed by atoms with Crippen LogP contribution in [0.15, 0.2) is 23.1 Å². The molecule has 0 atom stereocenters. The number of nitrogens with zero attached hydrogens (tertiary/aromatic N) is 2. The summed E-state index contributed by atoms with van der Waals surface area (Å²) in [6.07, 6.45) is 0. The van der Waals surface area contributed by atoms with Crippen molar-refractivity contribution in [2.24, 2.45) is 0 Å². The summed E-state index contributed by atoms with van der Waals surface area (Å²) < 4.78 is 6.61. The fourth-order valence-electron chi connectivity index (χ4n) is 2.01. The molecule has 0 spiro atoms. The molecule has 0 aliphatic heterocycles. The second-order valence-corrected chi connectivity index (χ2v) is 8.86. The van der Waals surface area contributed by atoms with Crippen LogP contribution in [0.25, 0.3) is 10.1 Å². The third-order valence-corrected chi connectivity index (χ3v) is 6.54. The second-order valence-electron chi connectivity index (χ2n) is 5.14. The molecule has 23 heavy (non-hydrogen) atoms. The number of aromatic nitrogens is 1. The van der Waals surface area contributed by atoms with Gasteiger partial charge in [-0.2, -0.15) is 0 Å². The summed E-state index contributed by atoms with van der Waals surface area (Å²) in [4.78, 5) is 17.4. The van der Waals surface area contributed by atoms with Gasteiger partial charge in [-0.3, -0.25) is 0 Å². The number of hydrogen-bond donors (Lipinski definition) is 0. The van der Waals surface area contributed by atoms with Crippen LogP contribution in [0.4, 0.5) is 0 Å². The zero-order chi connectivity index (χ0) is 17.0. The van der Waals surface area contributed by atoms with Crippen LogP contribution in [0.3, 0.4) is 0 Å². The zero-order valence-electron chi connectivity index (χ0n) is 13.5. The Bertz CT molecular complexity index is 762. The van der Waals surface area contributed by atoms with E-state index in [4.69, 9.17) is 4.74 Å². The quantitative estimate of drug-likeness (QED) is 0.441. The number of ether oxygens (including phenoxy) is 1. The van der Waals surface area contributed by atoms with E-state index < -0.39 is 0 Å². The van der Waals surface area contributed by atoms with E-state index in [1.54, 1.807) is 18.7 Å². The number of thioether (sulfide) groups is 1. The number of hydrogen-bond acceptors (Lipinski definition) is 5. The summed E-state index contributed by atoms with van der Waals surface area (Å²) in [6.45, 7) is 8.18. The molecule has 2 aromatic rings. The van der Waals surface area contributed by atoms with Crippen molar-refractivity contribution in [3.05, 3.63) is 33.9 Å². The molecule has 0 saturated carbocycles. The number of esters is 1. The maximum atomic E-state index is 11.9. The molecular formula is C17H18N2O2SSe. The molecule has 2 rings (SSSR count). The van der Waals surface area contributed by atoms with E-state index in [1.165, 1.54) is 0 Å². The fraction of sp³-hybridized carbons (Fsp3) is 0.353. The van der Waals surface area contributed by atoms with E-state index in [1.807, 2.05) is 25.1 Å². The van der Waals surface area contributed by atoms with Crippen molar-refractivity contribution in [2.75, 3.05) is 6.61 Å². The molecule has 6 heteroatoms. The first-order valence-corrected chi connectivity index (χ1v) is 9.91. The molecule has 4 nitrogen and oxygen atoms in total. The van der Waals surface area contributed by atoms with Gasteiger partial charge in [0, 0.05) is 0 Å². The minimum atomic E-state index is -0.281. The van der Waals surface area contributed by atoms with Crippen molar-refractivity contribution in [1.82, 2.24) is 4.98 Å². The van der Waals surface area contributed by atoms with Gasteiger partial charge in [-0.05, 0) is 0 Å². The van der Waals surface area contributed by atoms with Crippen molar-refractivity contribution >= 4 is 32.2 Å². The molecule has 0 amide bonds. The van der Waals surface area contributed by atoms with E-state index in [-0.39, 0.29) is 20.5 Å². The maximum absolute atomic E-state index is 11.9. The molecule has 0 aliphatic carbocycles. The fourth-order valence-corrected chi connectivity index (χ4v) is 4.91. The van der Waals surface area contributed by atoms with E-state index in [0.29, 0.717) is 21.9 Å². The van der Waals surface area contributed by atoms with Gasteiger partial charge in [-0.1, -0.05) is 0 Å². The van der Waals surface area contributed by atoms with Gasteiger partial charge >= 0.3 is 147 Å². The second kappa shape index (κ2) is 7.83. The van der Waals surface area contributed by atoms with Gasteiger partial charge in [-0.15, -0.1) is 0 Å². The van der Waals surface area contributed by atoms with Crippen LogP contribution in [-0.2, 0) is 4.74 Å². The van der Waals surface area contributed by atoms with Gasteiger partial charge in [-0.25, -0.2) is 0 Å².